The minimum absolute atomic E-state index is 0.0821. The molecule has 6 nitrogen and oxygen atoms in total. The van der Waals surface area contributed by atoms with Crippen LogP contribution < -0.4 is 0 Å². The Labute approximate surface area is 214 Å². The number of hydrogen-bond donors (Lipinski definition) is 1. The maximum Gasteiger partial charge on any atom is 0.354 e. The molecule has 3 aromatic heterocycles. The van der Waals surface area contributed by atoms with Crippen LogP contribution in [0.5, 0.6) is 0 Å². The third-order valence-electron chi connectivity index (χ3n) is 5.35. The fourth-order valence-electron chi connectivity index (χ4n) is 3.56. The molecule has 6 heteroatoms. The number of carboxylic acid groups (broad SMARTS) is 1. The molecule has 178 valence electrons. The summed E-state index contributed by atoms with van der Waals surface area (Å²) in [7, 11) is 0. The molecule has 3 aromatic carbocycles. The van der Waals surface area contributed by atoms with Crippen molar-refractivity contribution >= 4 is 27.6 Å². The van der Waals surface area contributed by atoms with Crippen LogP contribution in [0.15, 0.2) is 128 Å². The highest BCUT2D eigenvalue weighted by atomic mass is 16.4. The number of nitriles is 1. The fourth-order valence-corrected chi connectivity index (χ4v) is 3.56. The van der Waals surface area contributed by atoms with Gasteiger partial charge in [0.25, 0.3) is 0 Å². The minimum Gasteiger partial charge on any atom is -0.477 e. The van der Waals surface area contributed by atoms with Crippen LogP contribution in [-0.2, 0) is 0 Å². The van der Waals surface area contributed by atoms with Crippen LogP contribution >= 0.6 is 0 Å². The van der Waals surface area contributed by atoms with Gasteiger partial charge in [0.2, 0.25) is 0 Å². The van der Waals surface area contributed by atoms with E-state index in [-0.39, 0.29) is 5.69 Å². The summed E-state index contributed by atoms with van der Waals surface area (Å²) in [6, 6.07) is 36.7. The van der Waals surface area contributed by atoms with Crippen molar-refractivity contribution in [1.82, 2.24) is 15.0 Å². The number of rotatable bonds is 2. The molecule has 0 spiro atoms. The molecule has 0 aliphatic carbocycles. The van der Waals surface area contributed by atoms with E-state index in [1.54, 1.807) is 36.7 Å². The number of aromatic carboxylic acids is 1. The molecule has 0 amide bonds. The van der Waals surface area contributed by atoms with E-state index >= 15 is 0 Å². The molecular formula is C31H22N4O2. The second-order valence-corrected chi connectivity index (χ2v) is 7.79. The van der Waals surface area contributed by atoms with E-state index < -0.39 is 5.97 Å². The molecule has 0 aliphatic heterocycles. The third kappa shape index (κ3) is 6.59. The van der Waals surface area contributed by atoms with E-state index in [9.17, 15) is 4.79 Å². The molecule has 0 saturated heterocycles. The van der Waals surface area contributed by atoms with Gasteiger partial charge >= 0.3 is 5.97 Å². The highest BCUT2D eigenvalue weighted by Crippen LogP contribution is 2.25. The summed E-state index contributed by atoms with van der Waals surface area (Å²) in [6.07, 6.45) is 5.06. The number of aromatic nitrogens is 3. The van der Waals surface area contributed by atoms with E-state index in [2.05, 4.69) is 51.4 Å². The standard InChI is InChI=1S/C15H11N.C10H7NO2.C6H4N2/c1-2-7-13(8-3-1)15-14-9-5-4-6-12(14)10-11-16-15;12-10(13)9-6-5-7-3-1-2-4-8(7)11-9;7-5-6-1-3-8-4-2-6/h1-11H;1-6H,(H,12,13);1-4H. The Morgan fingerprint density at radius 1 is 0.703 bits per heavy atom. The molecule has 3 heterocycles. The number of carboxylic acids is 1. The molecule has 0 fully saturated rings. The summed E-state index contributed by atoms with van der Waals surface area (Å²) in [4.78, 5) is 22.8. The zero-order chi connectivity index (χ0) is 25.9. The van der Waals surface area contributed by atoms with Crippen LogP contribution in [0.2, 0.25) is 0 Å². The van der Waals surface area contributed by atoms with Crippen molar-refractivity contribution in [3.8, 4) is 17.3 Å². The number of fused-ring (bicyclic) bond motifs is 2. The normalized spacial score (nSPS) is 9.81. The van der Waals surface area contributed by atoms with Crippen molar-refractivity contribution in [2.45, 2.75) is 0 Å². The van der Waals surface area contributed by atoms with Crippen molar-refractivity contribution in [2.24, 2.45) is 0 Å². The molecule has 0 bridgehead atoms. The molecule has 0 radical (unpaired) electrons. The monoisotopic (exact) mass is 482 g/mol. The largest absolute Gasteiger partial charge is 0.477 e. The second kappa shape index (κ2) is 12.3. The lowest BCUT2D eigenvalue weighted by Gasteiger charge is -2.04. The number of nitrogens with zero attached hydrogens (tertiary/aromatic N) is 4. The Hall–Kier alpha value is -5.41. The van der Waals surface area contributed by atoms with Gasteiger partial charge in [-0.15, -0.1) is 0 Å². The summed E-state index contributed by atoms with van der Waals surface area (Å²) in [5, 5.41) is 20.3. The van der Waals surface area contributed by atoms with Crippen molar-refractivity contribution in [2.75, 3.05) is 0 Å². The van der Waals surface area contributed by atoms with Crippen LogP contribution in [-0.4, -0.2) is 26.0 Å². The van der Waals surface area contributed by atoms with Crippen LogP contribution in [0.25, 0.3) is 32.9 Å². The van der Waals surface area contributed by atoms with Gasteiger partial charge in [-0.25, -0.2) is 9.78 Å². The number of para-hydroxylation sites is 1. The molecule has 37 heavy (non-hydrogen) atoms. The smallest absolute Gasteiger partial charge is 0.354 e. The first-order chi connectivity index (χ1) is 18.2. The third-order valence-corrected chi connectivity index (χ3v) is 5.35. The van der Waals surface area contributed by atoms with Gasteiger partial charge in [-0.1, -0.05) is 78.9 Å². The number of hydrogen-bond acceptors (Lipinski definition) is 5. The summed E-state index contributed by atoms with van der Waals surface area (Å²) in [5.74, 6) is -0.995. The molecule has 6 aromatic rings. The van der Waals surface area contributed by atoms with Crippen LogP contribution in [0.4, 0.5) is 0 Å². The quantitative estimate of drug-likeness (QED) is 0.292. The highest BCUT2D eigenvalue weighted by molar-refractivity contribution is 5.94. The van der Waals surface area contributed by atoms with Crippen molar-refractivity contribution in [1.29, 1.82) is 5.26 Å². The highest BCUT2D eigenvalue weighted by Gasteiger charge is 2.04. The zero-order valence-electron chi connectivity index (χ0n) is 19.8. The van der Waals surface area contributed by atoms with Crippen molar-refractivity contribution < 1.29 is 9.90 Å². The predicted molar refractivity (Wildman–Crippen MR) is 145 cm³/mol. The molecule has 6 rings (SSSR count). The summed E-state index contributed by atoms with van der Waals surface area (Å²) >= 11 is 0. The van der Waals surface area contributed by atoms with E-state index in [0.29, 0.717) is 11.1 Å². The van der Waals surface area contributed by atoms with Gasteiger partial charge in [0.05, 0.1) is 22.8 Å². The Balaban J connectivity index is 0.000000137. The molecule has 1 N–H and O–H groups in total. The Bertz CT molecular complexity index is 1660. The first-order valence-corrected chi connectivity index (χ1v) is 11.4. The lowest BCUT2D eigenvalue weighted by molar-refractivity contribution is 0.0691. The van der Waals surface area contributed by atoms with E-state index in [1.807, 2.05) is 54.7 Å². The zero-order valence-corrected chi connectivity index (χ0v) is 19.8. The van der Waals surface area contributed by atoms with E-state index in [0.717, 1.165) is 11.1 Å². The topological polar surface area (TPSA) is 99.8 Å². The lowest BCUT2D eigenvalue weighted by atomic mass is 10.0. The van der Waals surface area contributed by atoms with E-state index in [4.69, 9.17) is 10.4 Å². The van der Waals surface area contributed by atoms with Crippen LogP contribution in [0.1, 0.15) is 16.1 Å². The van der Waals surface area contributed by atoms with Gasteiger partial charge in [-0.3, -0.25) is 9.97 Å². The Morgan fingerprint density at radius 2 is 1.38 bits per heavy atom. The second-order valence-electron chi connectivity index (χ2n) is 7.79. The summed E-state index contributed by atoms with van der Waals surface area (Å²) in [6.45, 7) is 0. The molecule has 0 unspecified atom stereocenters. The predicted octanol–water partition coefficient (Wildman–Crippen LogP) is 6.79. The van der Waals surface area contributed by atoms with Gasteiger partial charge in [0, 0.05) is 34.9 Å². The van der Waals surface area contributed by atoms with E-state index in [1.165, 1.54) is 22.4 Å². The Kier molecular flexibility index (Phi) is 8.24. The maximum atomic E-state index is 10.6. The van der Waals surface area contributed by atoms with Crippen molar-refractivity contribution in [3.05, 3.63) is 139 Å². The molecule has 0 atom stereocenters. The van der Waals surface area contributed by atoms with Crippen molar-refractivity contribution in [3.63, 3.8) is 0 Å². The average molecular weight is 483 g/mol. The summed E-state index contributed by atoms with van der Waals surface area (Å²) in [5.41, 5.74) is 3.67. The first kappa shape index (κ1) is 24.7. The van der Waals surface area contributed by atoms with Gasteiger partial charge < -0.3 is 5.11 Å². The van der Waals surface area contributed by atoms with Crippen LogP contribution in [0, 0.1) is 11.3 Å². The number of carbonyl (C=O) groups is 1. The maximum absolute atomic E-state index is 10.6. The SMILES string of the molecule is N#Cc1ccncc1.O=C(O)c1ccc2ccccc2n1.c1ccc(-c2nccc3ccccc23)cc1. The van der Waals surface area contributed by atoms with Gasteiger partial charge in [0.15, 0.2) is 0 Å². The molecule has 0 aliphatic rings. The first-order valence-electron chi connectivity index (χ1n) is 11.4. The molecular weight excluding hydrogens is 460 g/mol. The van der Waals surface area contributed by atoms with Gasteiger partial charge in [-0.2, -0.15) is 5.26 Å². The Morgan fingerprint density at radius 3 is 2.08 bits per heavy atom. The minimum atomic E-state index is -0.995. The summed E-state index contributed by atoms with van der Waals surface area (Å²) < 4.78 is 0. The average Bonchev–Trinajstić information content (AvgIpc) is 2.98. The molecule has 0 saturated carbocycles. The fraction of sp³-hybridized carbons (Fsp3) is 0. The van der Waals surface area contributed by atoms with Gasteiger partial charge in [0.1, 0.15) is 5.69 Å². The lowest BCUT2D eigenvalue weighted by Crippen LogP contribution is -1.99. The van der Waals surface area contributed by atoms with Gasteiger partial charge in [-0.05, 0) is 35.7 Å². The van der Waals surface area contributed by atoms with Crippen LogP contribution in [0.3, 0.4) is 0 Å². The number of pyridine rings is 3. The number of benzene rings is 3.